The first-order chi connectivity index (χ1) is 23.0. The van der Waals surface area contributed by atoms with Crippen molar-refractivity contribution < 1.29 is 19.0 Å². The van der Waals surface area contributed by atoms with Crippen LogP contribution in [0.3, 0.4) is 0 Å². The van der Waals surface area contributed by atoms with Crippen LogP contribution in [0.15, 0.2) is 103 Å². The maximum Gasteiger partial charge on any atom is 0.248 e. The van der Waals surface area contributed by atoms with Gasteiger partial charge < -0.3 is 19.5 Å². The van der Waals surface area contributed by atoms with Crippen LogP contribution in [0.1, 0.15) is 27.8 Å². The summed E-state index contributed by atoms with van der Waals surface area (Å²) in [7, 11) is 3.35. The molecular formula is C39H38N4O4. The summed E-state index contributed by atoms with van der Waals surface area (Å²) < 4.78 is 17.0. The van der Waals surface area contributed by atoms with E-state index in [2.05, 4.69) is 44.5 Å². The van der Waals surface area contributed by atoms with E-state index in [-0.39, 0.29) is 5.91 Å². The summed E-state index contributed by atoms with van der Waals surface area (Å²) in [6.45, 7) is 4.85. The lowest BCUT2D eigenvalue weighted by molar-refractivity contribution is -0.111. The number of fused-ring (bicyclic) bond motifs is 1. The minimum Gasteiger partial charge on any atom is -0.493 e. The zero-order valence-corrected chi connectivity index (χ0v) is 26.9. The Labute approximate surface area is 275 Å². The van der Waals surface area contributed by atoms with Crippen molar-refractivity contribution in [3.63, 3.8) is 0 Å². The van der Waals surface area contributed by atoms with Crippen LogP contribution < -0.4 is 19.5 Å². The van der Waals surface area contributed by atoms with Gasteiger partial charge in [0, 0.05) is 55.4 Å². The number of hydrogen-bond donors (Lipinski definition) is 1. The van der Waals surface area contributed by atoms with Gasteiger partial charge in [-0.1, -0.05) is 18.2 Å². The highest BCUT2D eigenvalue weighted by Gasteiger charge is 2.19. The molecule has 0 saturated carbocycles. The quantitative estimate of drug-likeness (QED) is 0.152. The minimum atomic E-state index is -0.208. The molecule has 8 nitrogen and oxygen atoms in total. The molecule has 1 aliphatic heterocycles. The van der Waals surface area contributed by atoms with E-state index < -0.39 is 0 Å². The fraction of sp³-hybridized carbons (Fsp3) is 0.205. The third-order valence-electron chi connectivity index (χ3n) is 8.27. The van der Waals surface area contributed by atoms with Crippen LogP contribution in [0.4, 0.5) is 5.69 Å². The molecule has 8 heteroatoms. The number of nitrogens with zero attached hydrogens (tertiary/aromatic N) is 3. The number of nitrogens with one attached hydrogen (secondary N) is 1. The van der Waals surface area contributed by atoms with Gasteiger partial charge in [0.2, 0.25) is 11.8 Å². The van der Waals surface area contributed by atoms with Gasteiger partial charge in [-0.25, -0.2) is 4.98 Å². The molecule has 0 unspecified atom stereocenters. The van der Waals surface area contributed by atoms with Gasteiger partial charge in [-0.15, -0.1) is 0 Å². The van der Waals surface area contributed by atoms with Crippen molar-refractivity contribution in [3.05, 3.63) is 131 Å². The topological polar surface area (TPSA) is 85.8 Å². The van der Waals surface area contributed by atoms with Gasteiger partial charge in [-0.05, 0) is 114 Å². The molecule has 0 spiro atoms. The van der Waals surface area contributed by atoms with E-state index in [9.17, 15) is 4.79 Å². The van der Waals surface area contributed by atoms with Gasteiger partial charge in [0.15, 0.2) is 11.5 Å². The molecule has 0 aliphatic carbocycles. The molecule has 3 aromatic carbocycles. The molecular weight excluding hydrogens is 588 g/mol. The van der Waals surface area contributed by atoms with Gasteiger partial charge in [0.25, 0.3) is 0 Å². The van der Waals surface area contributed by atoms with Gasteiger partial charge in [0.1, 0.15) is 5.75 Å². The number of methoxy groups -OCH3 is 2. The predicted molar refractivity (Wildman–Crippen MR) is 185 cm³/mol. The van der Waals surface area contributed by atoms with Crippen LogP contribution in [0, 0.1) is 6.92 Å². The van der Waals surface area contributed by atoms with Crippen LogP contribution in [-0.2, 0) is 24.2 Å². The average molecular weight is 627 g/mol. The van der Waals surface area contributed by atoms with Crippen LogP contribution in [0.5, 0.6) is 23.1 Å². The number of carbonyl (C=O) groups excluding carboxylic acids is 1. The van der Waals surface area contributed by atoms with Crippen molar-refractivity contribution in [1.82, 2.24) is 14.9 Å². The van der Waals surface area contributed by atoms with Crippen LogP contribution in [-0.4, -0.2) is 48.1 Å². The Morgan fingerprint density at radius 3 is 2.40 bits per heavy atom. The number of amides is 1. The number of pyridine rings is 2. The molecule has 2 aromatic heterocycles. The van der Waals surface area contributed by atoms with E-state index in [0.29, 0.717) is 5.88 Å². The predicted octanol–water partition coefficient (Wildman–Crippen LogP) is 7.51. The Bertz CT molecular complexity index is 1860. The molecule has 47 heavy (non-hydrogen) atoms. The second-order valence-electron chi connectivity index (χ2n) is 11.5. The molecule has 0 atom stereocenters. The van der Waals surface area contributed by atoms with E-state index >= 15 is 0 Å². The summed E-state index contributed by atoms with van der Waals surface area (Å²) >= 11 is 0. The number of rotatable bonds is 11. The Morgan fingerprint density at radius 1 is 0.894 bits per heavy atom. The highest BCUT2D eigenvalue weighted by atomic mass is 16.5. The zero-order chi connectivity index (χ0) is 32.6. The first-order valence-electron chi connectivity index (χ1n) is 15.7. The summed E-state index contributed by atoms with van der Waals surface area (Å²) in [4.78, 5) is 23.9. The fourth-order valence-corrected chi connectivity index (χ4v) is 5.65. The van der Waals surface area contributed by atoms with E-state index in [0.717, 1.165) is 77.8 Å². The van der Waals surface area contributed by atoms with Gasteiger partial charge in [-0.2, -0.15) is 0 Å². The first kappa shape index (κ1) is 31.5. The Hall–Kier alpha value is -5.47. The first-order valence-corrected chi connectivity index (χ1v) is 15.7. The number of anilines is 1. The van der Waals surface area contributed by atoms with Crippen molar-refractivity contribution in [2.24, 2.45) is 0 Å². The van der Waals surface area contributed by atoms with E-state index in [1.807, 2.05) is 61.5 Å². The highest BCUT2D eigenvalue weighted by molar-refractivity contribution is 6.01. The molecule has 3 heterocycles. The molecule has 1 amide bonds. The maximum atomic E-state index is 12.6. The number of aromatic nitrogens is 2. The van der Waals surface area contributed by atoms with Crippen molar-refractivity contribution in [1.29, 1.82) is 0 Å². The second-order valence-corrected chi connectivity index (χ2v) is 11.5. The molecule has 0 saturated heterocycles. The molecule has 0 radical (unpaired) electrons. The number of carbonyl (C=O) groups is 1. The molecule has 6 rings (SSSR count). The van der Waals surface area contributed by atoms with E-state index in [1.165, 1.54) is 22.8 Å². The second kappa shape index (κ2) is 14.7. The molecule has 0 bridgehead atoms. The highest BCUT2D eigenvalue weighted by Crippen LogP contribution is 2.33. The van der Waals surface area contributed by atoms with E-state index in [4.69, 9.17) is 14.2 Å². The van der Waals surface area contributed by atoms with Gasteiger partial charge in [0.05, 0.1) is 19.9 Å². The SMILES string of the molecule is COc1cc2c(cc1OC)CN(CCc1ccc(NC(=O)/C=C/c3ccc(Oc4ccc(-c5ccccn5)cc4C)nc3)cc1)CC2. The smallest absolute Gasteiger partial charge is 0.248 e. The Morgan fingerprint density at radius 2 is 1.70 bits per heavy atom. The van der Waals surface area contributed by atoms with Crippen molar-refractivity contribution in [3.8, 4) is 34.4 Å². The van der Waals surface area contributed by atoms with Crippen molar-refractivity contribution in [2.45, 2.75) is 26.3 Å². The monoisotopic (exact) mass is 626 g/mol. The Kier molecular flexibility index (Phi) is 9.89. The number of benzene rings is 3. The van der Waals surface area contributed by atoms with Crippen LogP contribution >= 0.6 is 0 Å². The Balaban J connectivity index is 0.967. The molecule has 1 aliphatic rings. The normalized spacial score (nSPS) is 12.8. The lowest BCUT2D eigenvalue weighted by Crippen LogP contribution is -2.32. The van der Waals surface area contributed by atoms with E-state index in [1.54, 1.807) is 38.8 Å². The summed E-state index contributed by atoms with van der Waals surface area (Å²) in [5, 5.41) is 2.93. The number of aryl methyl sites for hydroxylation is 1. The number of ether oxygens (including phenoxy) is 3. The van der Waals surface area contributed by atoms with Gasteiger partial charge in [-0.3, -0.25) is 14.7 Å². The summed E-state index contributed by atoms with van der Waals surface area (Å²) in [6.07, 6.45) is 8.62. The van der Waals surface area contributed by atoms with Crippen LogP contribution in [0.2, 0.25) is 0 Å². The molecule has 1 N–H and O–H groups in total. The average Bonchev–Trinajstić information content (AvgIpc) is 3.11. The minimum absolute atomic E-state index is 0.208. The lowest BCUT2D eigenvalue weighted by atomic mass is 9.98. The van der Waals surface area contributed by atoms with Crippen molar-refractivity contribution >= 4 is 17.7 Å². The van der Waals surface area contributed by atoms with Crippen molar-refractivity contribution in [2.75, 3.05) is 32.6 Å². The third-order valence-corrected chi connectivity index (χ3v) is 8.27. The molecule has 238 valence electrons. The summed E-state index contributed by atoms with van der Waals surface area (Å²) in [5.41, 5.74) is 8.32. The zero-order valence-electron chi connectivity index (χ0n) is 26.9. The maximum absolute atomic E-state index is 12.6. The largest absolute Gasteiger partial charge is 0.493 e. The standard InChI is InChI=1S/C39H38N4O4/c1-27-22-31(34-6-4-5-19-40-34)11-14-35(27)47-39-16-10-29(25-41-39)9-15-38(44)42-33-12-7-28(8-13-33)17-20-43-21-18-30-23-36(45-2)37(46-3)24-32(30)26-43/h4-16,19,22-25H,17-18,20-21,26H2,1-3H3,(H,42,44)/b15-9+. The number of hydrogen-bond acceptors (Lipinski definition) is 7. The summed E-state index contributed by atoms with van der Waals surface area (Å²) in [5.74, 6) is 2.56. The fourth-order valence-electron chi connectivity index (χ4n) is 5.65. The lowest BCUT2D eigenvalue weighted by Gasteiger charge is -2.29. The summed E-state index contributed by atoms with van der Waals surface area (Å²) in [6, 6.07) is 27.7. The molecule has 0 fully saturated rings. The van der Waals surface area contributed by atoms with Crippen LogP contribution in [0.25, 0.3) is 17.3 Å². The third kappa shape index (κ3) is 8.04. The molecule has 5 aromatic rings. The van der Waals surface area contributed by atoms with Gasteiger partial charge >= 0.3 is 0 Å².